The summed E-state index contributed by atoms with van der Waals surface area (Å²) in [6.07, 6.45) is 77.4. The van der Waals surface area contributed by atoms with Gasteiger partial charge in [-0.15, -0.1) is 0 Å². The van der Waals surface area contributed by atoms with Crippen LogP contribution in [-0.4, -0.2) is 37.2 Å². The second kappa shape index (κ2) is 57.9. The van der Waals surface area contributed by atoms with Gasteiger partial charge in [0.2, 0.25) is 0 Å². The van der Waals surface area contributed by atoms with Crippen LogP contribution in [0, 0.1) is 0 Å². The standard InChI is InChI=1S/C64H108O6/c1-4-7-10-13-16-18-20-22-24-26-27-28-29-30-31-32-33-34-35-36-37-39-40-42-44-46-48-51-54-57-63(66)69-60-61(59-68-62(65)56-53-50-15-12-9-6-3)70-64(67)58-55-52-49-47-45-43-41-38-25-23-21-19-17-14-11-8-5-2/h8,11,17,19-20,22-23,25-27,29-30,41,43,47,49,61H,4-7,9-10,12-16,18,21,24,28,31-40,42,44-46,48,50-60H2,1-3H3/b11-8-,19-17-,22-20-,25-23-,27-26-,30-29-,43-41-,49-47-. The Labute approximate surface area is 432 Å². The summed E-state index contributed by atoms with van der Waals surface area (Å²) in [5.74, 6) is -0.968. The van der Waals surface area contributed by atoms with Crippen LogP contribution in [0.4, 0.5) is 0 Å². The number of esters is 3. The molecule has 0 aliphatic heterocycles. The molecule has 0 aliphatic rings. The number of rotatable bonds is 52. The fourth-order valence-corrected chi connectivity index (χ4v) is 7.96. The molecule has 0 bridgehead atoms. The van der Waals surface area contributed by atoms with Crippen LogP contribution in [0.15, 0.2) is 97.2 Å². The third kappa shape index (κ3) is 55.3. The molecule has 0 amide bonds. The maximum Gasteiger partial charge on any atom is 0.306 e. The lowest BCUT2D eigenvalue weighted by Crippen LogP contribution is -2.30. The van der Waals surface area contributed by atoms with Crippen molar-refractivity contribution in [2.75, 3.05) is 13.2 Å². The highest BCUT2D eigenvalue weighted by atomic mass is 16.6. The summed E-state index contributed by atoms with van der Waals surface area (Å²) >= 11 is 0. The van der Waals surface area contributed by atoms with Gasteiger partial charge in [-0.3, -0.25) is 14.4 Å². The summed E-state index contributed by atoms with van der Waals surface area (Å²) in [7, 11) is 0. The Bertz CT molecular complexity index is 1400. The van der Waals surface area contributed by atoms with Crippen molar-refractivity contribution in [3.63, 3.8) is 0 Å². The zero-order valence-electron chi connectivity index (χ0n) is 45.8. The van der Waals surface area contributed by atoms with E-state index in [4.69, 9.17) is 14.2 Å². The lowest BCUT2D eigenvalue weighted by atomic mass is 10.0. The molecule has 0 spiro atoms. The minimum atomic E-state index is -0.804. The van der Waals surface area contributed by atoms with Crippen molar-refractivity contribution in [3.05, 3.63) is 97.2 Å². The number of allylic oxidation sites excluding steroid dienone is 16. The van der Waals surface area contributed by atoms with Gasteiger partial charge in [0.25, 0.3) is 0 Å². The molecule has 1 atom stereocenters. The van der Waals surface area contributed by atoms with Gasteiger partial charge in [0.1, 0.15) is 13.2 Å². The molecule has 0 N–H and O–H groups in total. The number of hydrogen-bond donors (Lipinski definition) is 0. The summed E-state index contributed by atoms with van der Waals surface area (Å²) in [5.41, 5.74) is 0. The Morgan fingerprint density at radius 2 is 0.571 bits per heavy atom. The van der Waals surface area contributed by atoms with Gasteiger partial charge in [-0.05, 0) is 96.3 Å². The minimum absolute atomic E-state index is 0.0997. The highest BCUT2D eigenvalue weighted by Gasteiger charge is 2.19. The Morgan fingerprint density at radius 1 is 0.300 bits per heavy atom. The number of unbranched alkanes of at least 4 members (excludes halogenated alkanes) is 25. The topological polar surface area (TPSA) is 78.9 Å². The molecular weight excluding hydrogens is 865 g/mol. The van der Waals surface area contributed by atoms with Crippen molar-refractivity contribution in [3.8, 4) is 0 Å². The molecule has 6 nitrogen and oxygen atoms in total. The first-order valence-electron chi connectivity index (χ1n) is 29.2. The molecule has 0 heterocycles. The largest absolute Gasteiger partial charge is 0.462 e. The van der Waals surface area contributed by atoms with E-state index in [9.17, 15) is 14.4 Å². The van der Waals surface area contributed by atoms with Crippen LogP contribution in [0.5, 0.6) is 0 Å². The monoisotopic (exact) mass is 973 g/mol. The van der Waals surface area contributed by atoms with Crippen LogP contribution >= 0.6 is 0 Å². The number of carbonyl (C=O) groups excluding carboxylic acids is 3. The van der Waals surface area contributed by atoms with Crippen LogP contribution in [0.1, 0.15) is 271 Å². The summed E-state index contributed by atoms with van der Waals surface area (Å²) < 4.78 is 16.7. The van der Waals surface area contributed by atoms with Gasteiger partial charge in [-0.2, -0.15) is 0 Å². The van der Waals surface area contributed by atoms with E-state index in [-0.39, 0.29) is 37.5 Å². The number of ether oxygens (including phenoxy) is 3. The molecule has 70 heavy (non-hydrogen) atoms. The van der Waals surface area contributed by atoms with Gasteiger partial charge in [0.05, 0.1) is 0 Å². The molecule has 0 radical (unpaired) electrons. The van der Waals surface area contributed by atoms with Gasteiger partial charge in [-0.25, -0.2) is 0 Å². The summed E-state index contributed by atoms with van der Waals surface area (Å²) in [4.78, 5) is 37.8. The first-order valence-corrected chi connectivity index (χ1v) is 29.2. The molecule has 0 aromatic rings. The Morgan fingerprint density at radius 3 is 0.914 bits per heavy atom. The maximum absolute atomic E-state index is 12.8. The SMILES string of the molecule is CC/C=C\C/C=C\C/C=C\C/C=C\C/C=C\CCCC(=O)OC(COC(=O)CCCCCCCC)COC(=O)CCCCCCCCCCCCCCCC/C=C\C/C=C\C/C=C\CCCCCCC. The highest BCUT2D eigenvalue weighted by molar-refractivity contribution is 5.71. The van der Waals surface area contributed by atoms with Crippen molar-refractivity contribution in [2.24, 2.45) is 0 Å². The van der Waals surface area contributed by atoms with Crippen molar-refractivity contribution in [2.45, 2.75) is 277 Å². The lowest BCUT2D eigenvalue weighted by Gasteiger charge is -2.18. The van der Waals surface area contributed by atoms with Crippen LogP contribution in [0.2, 0.25) is 0 Å². The summed E-state index contributed by atoms with van der Waals surface area (Å²) in [6, 6.07) is 0. The van der Waals surface area contributed by atoms with Crippen LogP contribution in [-0.2, 0) is 28.6 Å². The van der Waals surface area contributed by atoms with Gasteiger partial charge >= 0.3 is 17.9 Å². The van der Waals surface area contributed by atoms with Crippen molar-refractivity contribution in [1.82, 2.24) is 0 Å². The normalized spacial score (nSPS) is 12.8. The van der Waals surface area contributed by atoms with Crippen molar-refractivity contribution in [1.29, 1.82) is 0 Å². The second-order valence-electron chi connectivity index (χ2n) is 19.2. The zero-order valence-corrected chi connectivity index (χ0v) is 45.8. The molecule has 0 rings (SSSR count). The maximum atomic E-state index is 12.8. The van der Waals surface area contributed by atoms with E-state index in [0.717, 1.165) is 89.9 Å². The van der Waals surface area contributed by atoms with Crippen molar-refractivity contribution < 1.29 is 28.6 Å². The molecule has 6 heteroatoms. The minimum Gasteiger partial charge on any atom is -0.462 e. The third-order valence-electron chi connectivity index (χ3n) is 12.3. The quantitative estimate of drug-likeness (QED) is 0.0262. The van der Waals surface area contributed by atoms with Gasteiger partial charge in [0.15, 0.2) is 6.10 Å². The van der Waals surface area contributed by atoms with Crippen LogP contribution in [0.3, 0.4) is 0 Å². The first-order chi connectivity index (χ1) is 34.5. The fourth-order valence-electron chi connectivity index (χ4n) is 7.96. The zero-order chi connectivity index (χ0) is 50.7. The molecule has 0 aromatic heterocycles. The number of hydrogen-bond acceptors (Lipinski definition) is 6. The third-order valence-corrected chi connectivity index (χ3v) is 12.3. The van der Waals surface area contributed by atoms with Gasteiger partial charge < -0.3 is 14.2 Å². The fraction of sp³-hybridized carbons (Fsp3) is 0.703. The molecule has 0 aliphatic carbocycles. The molecule has 0 aromatic carbocycles. The summed E-state index contributed by atoms with van der Waals surface area (Å²) in [6.45, 7) is 6.41. The van der Waals surface area contributed by atoms with E-state index >= 15 is 0 Å². The second-order valence-corrected chi connectivity index (χ2v) is 19.2. The summed E-state index contributed by atoms with van der Waals surface area (Å²) in [5, 5.41) is 0. The van der Waals surface area contributed by atoms with E-state index < -0.39 is 6.10 Å². The Kier molecular flexibility index (Phi) is 54.9. The van der Waals surface area contributed by atoms with E-state index in [2.05, 4.69) is 118 Å². The smallest absolute Gasteiger partial charge is 0.306 e. The van der Waals surface area contributed by atoms with Gasteiger partial charge in [0, 0.05) is 19.3 Å². The van der Waals surface area contributed by atoms with Crippen LogP contribution < -0.4 is 0 Å². The lowest BCUT2D eigenvalue weighted by molar-refractivity contribution is -0.167. The highest BCUT2D eigenvalue weighted by Crippen LogP contribution is 2.15. The van der Waals surface area contributed by atoms with E-state index in [0.29, 0.717) is 19.3 Å². The van der Waals surface area contributed by atoms with Crippen molar-refractivity contribution >= 4 is 17.9 Å². The molecule has 0 saturated heterocycles. The number of carbonyl (C=O) groups is 3. The molecule has 1 unspecified atom stereocenters. The average molecular weight is 974 g/mol. The van der Waals surface area contributed by atoms with Crippen LogP contribution in [0.25, 0.3) is 0 Å². The molecule has 0 fully saturated rings. The first kappa shape index (κ1) is 66.3. The predicted octanol–water partition coefficient (Wildman–Crippen LogP) is 19.7. The Balaban J connectivity index is 4.13. The van der Waals surface area contributed by atoms with E-state index in [1.165, 1.54) is 135 Å². The van der Waals surface area contributed by atoms with E-state index in [1.54, 1.807) is 0 Å². The molecule has 0 saturated carbocycles. The molecule has 400 valence electrons. The average Bonchev–Trinajstić information content (AvgIpc) is 3.36. The Hall–Kier alpha value is -3.67. The van der Waals surface area contributed by atoms with Gasteiger partial charge in [-0.1, -0.05) is 253 Å². The molecular formula is C64H108O6. The van der Waals surface area contributed by atoms with E-state index in [1.807, 2.05) is 0 Å². The predicted molar refractivity (Wildman–Crippen MR) is 302 cm³/mol.